The molecule has 166 valence electrons. The van der Waals surface area contributed by atoms with Gasteiger partial charge in [-0.1, -0.05) is 6.07 Å². The molecule has 7 nitrogen and oxygen atoms in total. The second kappa shape index (κ2) is 9.66. The van der Waals surface area contributed by atoms with Gasteiger partial charge in [-0.05, 0) is 49.9 Å². The Hall–Kier alpha value is -2.64. The number of benzene rings is 1. The van der Waals surface area contributed by atoms with E-state index in [1.54, 1.807) is 20.4 Å². The maximum atomic E-state index is 13.7. The molecule has 1 aliphatic carbocycles. The number of pyridine rings is 1. The van der Waals surface area contributed by atoms with Crippen molar-refractivity contribution in [1.82, 2.24) is 4.98 Å². The average Bonchev–Trinajstić information content (AvgIpc) is 2.98. The van der Waals surface area contributed by atoms with Gasteiger partial charge in [0.05, 0.1) is 30.6 Å². The number of hydrogen-bond acceptors (Lipinski definition) is 6. The predicted octanol–water partition coefficient (Wildman–Crippen LogP) is 3.96. The van der Waals surface area contributed by atoms with Crippen LogP contribution >= 0.6 is 0 Å². The fraction of sp³-hybridized carbons (Fsp3) is 0.500. The van der Waals surface area contributed by atoms with Gasteiger partial charge in [-0.2, -0.15) is 0 Å². The Labute approximate surface area is 184 Å². The lowest BCUT2D eigenvalue weighted by molar-refractivity contribution is -0.124. The maximum Gasteiger partial charge on any atom is 0.230 e. The number of hydrogen-bond donors (Lipinski definition) is 1. The van der Waals surface area contributed by atoms with Crippen molar-refractivity contribution in [1.29, 1.82) is 0 Å². The number of ether oxygens (including phenoxy) is 2. The van der Waals surface area contributed by atoms with Gasteiger partial charge in [0.2, 0.25) is 5.91 Å². The minimum absolute atomic E-state index is 0.0207. The van der Waals surface area contributed by atoms with E-state index in [-0.39, 0.29) is 17.9 Å². The van der Waals surface area contributed by atoms with Crippen molar-refractivity contribution in [3.8, 4) is 0 Å². The number of methoxy groups -OCH3 is 2. The number of aromatic nitrogens is 1. The average molecular weight is 425 g/mol. The first-order valence-corrected chi connectivity index (χ1v) is 11.0. The van der Waals surface area contributed by atoms with Gasteiger partial charge in [0.1, 0.15) is 5.82 Å². The molecular weight excluding hydrogens is 392 g/mol. The van der Waals surface area contributed by atoms with E-state index >= 15 is 0 Å². The largest absolute Gasteiger partial charge is 0.383 e. The van der Waals surface area contributed by atoms with Gasteiger partial charge in [0.15, 0.2) is 0 Å². The highest BCUT2D eigenvalue weighted by molar-refractivity contribution is 6.00. The summed E-state index contributed by atoms with van der Waals surface area (Å²) in [4.78, 5) is 22.3. The second-order valence-electron chi connectivity index (χ2n) is 8.39. The monoisotopic (exact) mass is 424 g/mol. The summed E-state index contributed by atoms with van der Waals surface area (Å²) in [5.74, 6) is 1.01. The SMILES string of the molecule is COCCN(C)c1ccc2c(c1)N(C(=O)C1CCC(OC)CC1)Cc1cccnc1N2. The smallest absolute Gasteiger partial charge is 0.230 e. The van der Waals surface area contributed by atoms with Gasteiger partial charge < -0.3 is 24.6 Å². The lowest BCUT2D eigenvalue weighted by atomic mass is 9.86. The topological polar surface area (TPSA) is 66.9 Å². The van der Waals surface area contributed by atoms with Crippen molar-refractivity contribution in [3.63, 3.8) is 0 Å². The lowest BCUT2D eigenvalue weighted by Gasteiger charge is -2.32. The first-order chi connectivity index (χ1) is 15.1. The summed E-state index contributed by atoms with van der Waals surface area (Å²) in [6, 6.07) is 10.2. The highest BCUT2D eigenvalue weighted by Crippen LogP contribution is 2.39. The quantitative estimate of drug-likeness (QED) is 0.757. The number of amides is 1. The number of carbonyl (C=O) groups is 1. The zero-order valence-electron chi connectivity index (χ0n) is 18.6. The van der Waals surface area contributed by atoms with E-state index < -0.39 is 0 Å². The molecule has 0 spiro atoms. The van der Waals surface area contributed by atoms with E-state index in [1.165, 1.54) is 0 Å². The van der Waals surface area contributed by atoms with Crippen molar-refractivity contribution in [2.75, 3.05) is 49.5 Å². The minimum atomic E-state index is 0.0207. The van der Waals surface area contributed by atoms with Crippen LogP contribution in [0.3, 0.4) is 0 Å². The fourth-order valence-electron chi connectivity index (χ4n) is 4.47. The van der Waals surface area contributed by atoms with Crippen LogP contribution in [0.15, 0.2) is 36.5 Å². The van der Waals surface area contributed by atoms with Crippen molar-refractivity contribution >= 4 is 28.8 Å². The third kappa shape index (κ3) is 4.67. The van der Waals surface area contributed by atoms with E-state index in [9.17, 15) is 4.79 Å². The lowest BCUT2D eigenvalue weighted by Crippen LogP contribution is -2.38. The van der Waals surface area contributed by atoms with Gasteiger partial charge in [0.25, 0.3) is 0 Å². The molecule has 0 unspecified atom stereocenters. The van der Waals surface area contributed by atoms with Crippen LogP contribution in [0.5, 0.6) is 0 Å². The number of likely N-dealkylation sites (N-methyl/N-ethyl adjacent to an activating group) is 1. The fourth-order valence-corrected chi connectivity index (χ4v) is 4.47. The van der Waals surface area contributed by atoms with Crippen molar-refractivity contribution in [2.45, 2.75) is 38.3 Å². The Morgan fingerprint density at radius 2 is 2.03 bits per heavy atom. The summed E-state index contributed by atoms with van der Waals surface area (Å²) in [7, 11) is 5.51. The Morgan fingerprint density at radius 3 is 2.77 bits per heavy atom. The number of nitrogens with one attached hydrogen (secondary N) is 1. The van der Waals surface area contributed by atoms with E-state index in [1.807, 2.05) is 30.1 Å². The molecule has 4 rings (SSSR count). The van der Waals surface area contributed by atoms with Crippen LogP contribution in [0.1, 0.15) is 31.2 Å². The summed E-state index contributed by atoms with van der Waals surface area (Å²) in [5.41, 5.74) is 3.88. The first kappa shape index (κ1) is 21.6. The van der Waals surface area contributed by atoms with Gasteiger partial charge in [-0.15, -0.1) is 0 Å². The first-order valence-electron chi connectivity index (χ1n) is 11.0. The summed E-state index contributed by atoms with van der Waals surface area (Å²) in [6.07, 6.45) is 5.65. The van der Waals surface area contributed by atoms with Crippen LogP contribution in [-0.2, 0) is 20.8 Å². The molecule has 1 aliphatic heterocycles. The molecule has 1 aromatic carbocycles. The molecule has 1 saturated carbocycles. The van der Waals surface area contributed by atoms with Crippen molar-refractivity contribution in [3.05, 3.63) is 42.1 Å². The van der Waals surface area contributed by atoms with E-state index in [2.05, 4.69) is 27.3 Å². The Kier molecular flexibility index (Phi) is 6.73. The summed E-state index contributed by atoms with van der Waals surface area (Å²) >= 11 is 0. The van der Waals surface area contributed by atoms with E-state index in [4.69, 9.17) is 9.47 Å². The third-order valence-electron chi connectivity index (χ3n) is 6.44. The number of carbonyl (C=O) groups excluding carboxylic acids is 1. The normalized spacial score (nSPS) is 20.3. The van der Waals surface area contributed by atoms with E-state index in [0.29, 0.717) is 13.2 Å². The zero-order chi connectivity index (χ0) is 21.8. The van der Waals surface area contributed by atoms with Crippen LogP contribution in [-0.4, -0.2) is 51.4 Å². The molecule has 7 heteroatoms. The Bertz CT molecular complexity index is 911. The Balaban J connectivity index is 1.67. The van der Waals surface area contributed by atoms with Gasteiger partial charge >= 0.3 is 0 Å². The third-order valence-corrected chi connectivity index (χ3v) is 6.44. The Morgan fingerprint density at radius 1 is 1.23 bits per heavy atom. The van der Waals surface area contributed by atoms with Crippen molar-refractivity contribution in [2.24, 2.45) is 5.92 Å². The van der Waals surface area contributed by atoms with Gasteiger partial charge in [0, 0.05) is 51.2 Å². The number of fused-ring (bicyclic) bond motifs is 2. The second-order valence-corrected chi connectivity index (χ2v) is 8.39. The predicted molar refractivity (Wildman–Crippen MR) is 123 cm³/mol. The minimum Gasteiger partial charge on any atom is -0.383 e. The summed E-state index contributed by atoms with van der Waals surface area (Å²) in [6.45, 7) is 1.93. The number of nitrogens with zero attached hydrogens (tertiary/aromatic N) is 3. The van der Waals surface area contributed by atoms with E-state index in [0.717, 1.165) is 60.7 Å². The molecule has 2 aromatic rings. The van der Waals surface area contributed by atoms with Gasteiger partial charge in [-0.25, -0.2) is 4.98 Å². The summed E-state index contributed by atoms with van der Waals surface area (Å²) < 4.78 is 10.7. The van der Waals surface area contributed by atoms with Crippen LogP contribution in [0.25, 0.3) is 0 Å². The highest BCUT2D eigenvalue weighted by Gasteiger charge is 2.33. The van der Waals surface area contributed by atoms with Crippen LogP contribution in [0.4, 0.5) is 22.9 Å². The molecular formula is C24H32N4O3. The molecule has 0 saturated heterocycles. The molecule has 1 N–H and O–H groups in total. The zero-order valence-corrected chi connectivity index (χ0v) is 18.6. The molecule has 2 aliphatic rings. The standard InChI is InChI=1S/C24H32N4O3/c1-27(13-14-30-2)19-8-11-21-22(15-19)28(16-18-5-4-12-25-23(18)26-21)24(29)17-6-9-20(31-3)10-7-17/h4-5,8,11-12,15,17,20H,6-7,9-10,13-14,16H2,1-3H3,(H,25,26). The number of rotatable bonds is 6. The molecule has 2 heterocycles. The van der Waals surface area contributed by atoms with Gasteiger partial charge in [-0.3, -0.25) is 4.79 Å². The molecule has 1 aromatic heterocycles. The molecule has 0 bridgehead atoms. The van der Waals surface area contributed by atoms with Crippen LogP contribution < -0.4 is 15.1 Å². The molecule has 0 radical (unpaired) electrons. The molecule has 1 amide bonds. The number of anilines is 4. The van der Waals surface area contributed by atoms with Crippen LogP contribution in [0.2, 0.25) is 0 Å². The summed E-state index contributed by atoms with van der Waals surface area (Å²) in [5, 5.41) is 3.45. The van der Waals surface area contributed by atoms with Crippen LogP contribution in [0, 0.1) is 5.92 Å². The molecule has 0 atom stereocenters. The highest BCUT2D eigenvalue weighted by atomic mass is 16.5. The molecule has 1 fully saturated rings. The molecule has 31 heavy (non-hydrogen) atoms. The maximum absolute atomic E-state index is 13.7. The van der Waals surface area contributed by atoms with Crippen molar-refractivity contribution < 1.29 is 14.3 Å².